The number of halogens is 1. The van der Waals surface area contributed by atoms with E-state index in [-0.39, 0.29) is 12.0 Å². The van der Waals surface area contributed by atoms with Gasteiger partial charge in [-0.1, -0.05) is 12.1 Å². The molecule has 3 fully saturated rings. The molecule has 1 aromatic carbocycles. The Morgan fingerprint density at radius 2 is 1.91 bits per heavy atom. The maximum atomic E-state index is 12.8. The second kappa shape index (κ2) is 10.3. The van der Waals surface area contributed by atoms with Crippen molar-refractivity contribution in [3.63, 3.8) is 0 Å². The number of carbonyl (C=O) groups excluding carboxylic acids is 2. The van der Waals surface area contributed by atoms with E-state index in [0.717, 1.165) is 11.3 Å². The third kappa shape index (κ3) is 5.12. The first-order valence-corrected chi connectivity index (χ1v) is 12.1. The first-order valence-electron chi connectivity index (χ1n) is 11.6. The molecule has 1 aromatic rings. The largest absolute Gasteiger partial charge is 0.497 e. The number of ether oxygens (including phenoxy) is 5. The van der Waals surface area contributed by atoms with Crippen LogP contribution in [-0.4, -0.2) is 86.8 Å². The maximum Gasteiger partial charge on any atom is 0.410 e. The summed E-state index contributed by atoms with van der Waals surface area (Å²) in [4.78, 5) is 26.8. The van der Waals surface area contributed by atoms with Crippen molar-refractivity contribution in [1.82, 2.24) is 10.2 Å². The Labute approximate surface area is 204 Å². The SMILES string of the molecule is COC(=O)[C@H](Cc1ccc(OC)cc1)NC[C@@H]1C[C@]2(CCC3(C[C@H]2Cl)OCCO3)OC(=O)N1C. The van der Waals surface area contributed by atoms with Crippen LogP contribution < -0.4 is 10.1 Å². The Morgan fingerprint density at radius 1 is 1.21 bits per heavy atom. The fraction of sp³-hybridized carbons (Fsp3) is 0.667. The van der Waals surface area contributed by atoms with Crippen LogP contribution in [0.25, 0.3) is 0 Å². The predicted octanol–water partition coefficient (Wildman–Crippen LogP) is 2.48. The van der Waals surface area contributed by atoms with Crippen molar-refractivity contribution >= 4 is 23.7 Å². The number of hydrogen-bond donors (Lipinski definition) is 1. The van der Waals surface area contributed by atoms with Gasteiger partial charge in [0.25, 0.3) is 0 Å². The van der Waals surface area contributed by atoms with E-state index in [0.29, 0.717) is 51.9 Å². The number of likely N-dealkylation sites (N-methyl/N-ethyl adjacent to an activating group) is 1. The Bertz CT molecular complexity index is 877. The average molecular weight is 497 g/mol. The number of alkyl halides is 1. The molecule has 2 aliphatic heterocycles. The standard InChI is InChI=1S/C24H33ClN2O7/c1-27-17(15-26-19(21(28)31-3)12-16-4-6-18(30-2)7-5-16)13-23(34-22(27)29)8-9-24(14-20(23)25)32-10-11-33-24/h4-7,17,19-20,26H,8-15H2,1-3H3/t17-,19-,20+,23-/m0/s1. The van der Waals surface area contributed by atoms with Crippen molar-refractivity contribution in [3.8, 4) is 5.75 Å². The molecule has 10 heteroatoms. The minimum atomic E-state index is -0.797. The summed E-state index contributed by atoms with van der Waals surface area (Å²) >= 11 is 6.81. The Hall–Kier alpha value is -2.07. The van der Waals surface area contributed by atoms with Crippen molar-refractivity contribution < 1.29 is 33.3 Å². The van der Waals surface area contributed by atoms with Gasteiger partial charge in [0.2, 0.25) is 0 Å². The van der Waals surface area contributed by atoms with Gasteiger partial charge in [-0.15, -0.1) is 11.6 Å². The van der Waals surface area contributed by atoms with Crippen LogP contribution in [0, 0.1) is 0 Å². The maximum absolute atomic E-state index is 12.8. The van der Waals surface area contributed by atoms with Crippen LogP contribution in [0.2, 0.25) is 0 Å². The van der Waals surface area contributed by atoms with Crippen LogP contribution in [0.3, 0.4) is 0 Å². The normalized spacial score (nSPS) is 29.2. The predicted molar refractivity (Wildman–Crippen MR) is 124 cm³/mol. The van der Waals surface area contributed by atoms with Crippen molar-refractivity contribution in [1.29, 1.82) is 0 Å². The number of carbonyl (C=O) groups is 2. The van der Waals surface area contributed by atoms with Crippen molar-refractivity contribution in [3.05, 3.63) is 29.8 Å². The molecule has 1 aliphatic carbocycles. The second-order valence-electron chi connectivity index (χ2n) is 9.22. The molecule has 2 spiro atoms. The van der Waals surface area contributed by atoms with Gasteiger partial charge in [0.1, 0.15) is 17.4 Å². The zero-order valence-corrected chi connectivity index (χ0v) is 20.6. The van der Waals surface area contributed by atoms with Crippen LogP contribution in [-0.2, 0) is 30.2 Å². The molecule has 1 N–H and O–H groups in total. The van der Waals surface area contributed by atoms with Gasteiger partial charge in [-0.2, -0.15) is 0 Å². The molecule has 4 atom stereocenters. The molecule has 188 valence electrons. The van der Waals surface area contributed by atoms with E-state index >= 15 is 0 Å². The van der Waals surface area contributed by atoms with Crippen LogP contribution in [0.1, 0.15) is 31.2 Å². The summed E-state index contributed by atoms with van der Waals surface area (Å²) < 4.78 is 27.7. The molecule has 0 bridgehead atoms. The molecular weight excluding hydrogens is 464 g/mol. The Morgan fingerprint density at radius 3 is 2.53 bits per heavy atom. The van der Waals surface area contributed by atoms with Crippen LogP contribution in [0.15, 0.2) is 24.3 Å². The average Bonchev–Trinajstić information content (AvgIpc) is 3.30. The molecule has 0 unspecified atom stereocenters. The molecule has 34 heavy (non-hydrogen) atoms. The number of methoxy groups -OCH3 is 2. The molecule has 9 nitrogen and oxygen atoms in total. The number of nitrogens with zero attached hydrogens (tertiary/aromatic N) is 1. The molecule has 3 aliphatic rings. The molecule has 2 heterocycles. The Kier molecular flexibility index (Phi) is 7.57. The molecule has 1 amide bonds. The van der Waals surface area contributed by atoms with Crippen molar-refractivity contribution in [2.75, 3.05) is 41.0 Å². The Balaban J connectivity index is 1.43. The lowest BCUT2D eigenvalue weighted by molar-refractivity contribution is -0.208. The number of nitrogens with one attached hydrogen (secondary N) is 1. The molecule has 4 rings (SSSR count). The van der Waals surface area contributed by atoms with Gasteiger partial charge in [-0.05, 0) is 30.5 Å². The zero-order chi connectivity index (χ0) is 24.3. The number of esters is 1. The minimum Gasteiger partial charge on any atom is -0.497 e. The first kappa shape index (κ1) is 25.0. The fourth-order valence-corrected chi connectivity index (χ4v) is 5.54. The quantitative estimate of drug-likeness (QED) is 0.454. The van der Waals surface area contributed by atoms with E-state index < -0.39 is 28.9 Å². The van der Waals surface area contributed by atoms with Crippen LogP contribution in [0.4, 0.5) is 4.79 Å². The van der Waals surface area contributed by atoms with E-state index in [4.69, 9.17) is 35.3 Å². The zero-order valence-electron chi connectivity index (χ0n) is 19.9. The molecule has 2 saturated heterocycles. The van der Waals surface area contributed by atoms with Gasteiger partial charge in [0.15, 0.2) is 5.79 Å². The van der Waals surface area contributed by atoms with Crippen molar-refractivity contribution in [2.45, 2.75) is 61.0 Å². The lowest BCUT2D eigenvalue weighted by Crippen LogP contribution is -2.63. The number of hydrogen-bond acceptors (Lipinski definition) is 8. The third-order valence-electron chi connectivity index (χ3n) is 7.20. The summed E-state index contributed by atoms with van der Waals surface area (Å²) in [5.74, 6) is -0.288. The first-order chi connectivity index (χ1) is 16.3. The number of amides is 1. The van der Waals surface area contributed by atoms with Crippen LogP contribution in [0.5, 0.6) is 5.75 Å². The highest BCUT2D eigenvalue weighted by Gasteiger charge is 2.57. The second-order valence-corrected chi connectivity index (χ2v) is 9.74. The summed E-state index contributed by atoms with van der Waals surface area (Å²) in [7, 11) is 4.68. The van der Waals surface area contributed by atoms with Gasteiger partial charge in [0, 0.05) is 32.9 Å². The highest BCUT2D eigenvalue weighted by molar-refractivity contribution is 6.21. The van der Waals surface area contributed by atoms with Gasteiger partial charge in [-0.3, -0.25) is 4.79 Å². The van der Waals surface area contributed by atoms with Gasteiger partial charge < -0.3 is 33.9 Å². The van der Waals surface area contributed by atoms with Gasteiger partial charge >= 0.3 is 12.1 Å². The van der Waals surface area contributed by atoms with E-state index in [1.165, 1.54) is 7.11 Å². The summed E-state index contributed by atoms with van der Waals surface area (Å²) in [6.07, 6.45) is 2.21. The highest BCUT2D eigenvalue weighted by atomic mass is 35.5. The van der Waals surface area contributed by atoms with Crippen LogP contribution >= 0.6 is 11.6 Å². The monoisotopic (exact) mass is 496 g/mol. The highest BCUT2D eigenvalue weighted by Crippen LogP contribution is 2.48. The molecule has 1 saturated carbocycles. The third-order valence-corrected chi connectivity index (χ3v) is 7.75. The van der Waals surface area contributed by atoms with E-state index in [9.17, 15) is 9.59 Å². The van der Waals surface area contributed by atoms with E-state index in [2.05, 4.69) is 5.32 Å². The van der Waals surface area contributed by atoms with Gasteiger partial charge in [0.05, 0.1) is 38.9 Å². The lowest BCUT2D eigenvalue weighted by Gasteiger charge is -2.51. The summed E-state index contributed by atoms with van der Waals surface area (Å²) in [6, 6.07) is 6.77. The van der Waals surface area contributed by atoms with Gasteiger partial charge in [-0.25, -0.2) is 4.79 Å². The summed E-state index contributed by atoms with van der Waals surface area (Å²) in [6.45, 7) is 1.49. The smallest absolute Gasteiger partial charge is 0.410 e. The van der Waals surface area contributed by atoms with E-state index in [1.54, 1.807) is 19.1 Å². The topological polar surface area (TPSA) is 95.6 Å². The minimum absolute atomic E-state index is 0.204. The summed E-state index contributed by atoms with van der Waals surface area (Å²) in [5, 5.41) is 2.87. The fourth-order valence-electron chi connectivity index (χ4n) is 5.06. The number of benzene rings is 1. The van der Waals surface area contributed by atoms with E-state index in [1.807, 2.05) is 24.3 Å². The molecule has 0 radical (unpaired) electrons. The van der Waals surface area contributed by atoms with Crippen molar-refractivity contribution in [2.24, 2.45) is 0 Å². The number of rotatable bonds is 7. The molecular formula is C24H33ClN2O7. The summed E-state index contributed by atoms with van der Waals surface area (Å²) in [5.41, 5.74) is 0.168. The lowest BCUT2D eigenvalue weighted by atomic mass is 9.76. The molecule has 0 aromatic heterocycles.